The van der Waals surface area contributed by atoms with Crippen LogP contribution in [-0.4, -0.2) is 34.5 Å². The van der Waals surface area contributed by atoms with Crippen molar-refractivity contribution >= 4 is 11.7 Å². The standard InChI is InChI=1S/C13H16N2O3/c1-10-7-8-12(14-17)9-15(10)18-13(16)11-5-3-2-4-6-11/h2-6,10,17H,7-9H2,1H3/b14-12+/t10-/m0/s1. The zero-order valence-corrected chi connectivity index (χ0v) is 10.2. The molecule has 1 N–H and O–H groups in total. The van der Waals surface area contributed by atoms with Crippen molar-refractivity contribution in [1.82, 2.24) is 5.06 Å². The Morgan fingerprint density at radius 2 is 2.17 bits per heavy atom. The van der Waals surface area contributed by atoms with E-state index in [2.05, 4.69) is 5.16 Å². The fourth-order valence-electron chi connectivity index (χ4n) is 1.87. The van der Waals surface area contributed by atoms with E-state index in [0.29, 0.717) is 17.8 Å². The molecule has 1 aliphatic heterocycles. The van der Waals surface area contributed by atoms with Crippen molar-refractivity contribution < 1.29 is 14.8 Å². The SMILES string of the molecule is C[C@H]1CC/C(=N\O)CN1OC(=O)c1ccccc1. The first-order valence-electron chi connectivity index (χ1n) is 5.94. The van der Waals surface area contributed by atoms with Crippen LogP contribution in [0.4, 0.5) is 0 Å². The zero-order valence-electron chi connectivity index (χ0n) is 10.2. The number of oxime groups is 1. The second-order valence-electron chi connectivity index (χ2n) is 4.37. The van der Waals surface area contributed by atoms with E-state index >= 15 is 0 Å². The lowest BCUT2D eigenvalue weighted by Gasteiger charge is -2.31. The molecule has 1 atom stereocenters. The maximum Gasteiger partial charge on any atom is 0.357 e. The van der Waals surface area contributed by atoms with Crippen LogP contribution in [0.15, 0.2) is 35.5 Å². The quantitative estimate of drug-likeness (QED) is 0.643. The molecule has 1 saturated heterocycles. The van der Waals surface area contributed by atoms with Gasteiger partial charge in [0.25, 0.3) is 0 Å². The normalized spacial score (nSPS) is 22.9. The fraction of sp³-hybridized carbons (Fsp3) is 0.385. The number of hydroxylamine groups is 2. The summed E-state index contributed by atoms with van der Waals surface area (Å²) in [4.78, 5) is 17.2. The summed E-state index contributed by atoms with van der Waals surface area (Å²) in [6.07, 6.45) is 1.54. The first-order valence-corrected chi connectivity index (χ1v) is 5.94. The summed E-state index contributed by atoms with van der Waals surface area (Å²) in [6.45, 7) is 2.34. The van der Waals surface area contributed by atoms with Crippen LogP contribution in [0.25, 0.3) is 0 Å². The van der Waals surface area contributed by atoms with Gasteiger partial charge in [0.1, 0.15) is 0 Å². The predicted octanol–water partition coefficient (Wildman–Crippen LogP) is 2.07. The number of piperidine rings is 1. The minimum atomic E-state index is -0.387. The highest BCUT2D eigenvalue weighted by Gasteiger charge is 2.26. The highest BCUT2D eigenvalue weighted by Crippen LogP contribution is 2.16. The highest BCUT2D eigenvalue weighted by atomic mass is 16.7. The molecule has 0 amide bonds. The van der Waals surface area contributed by atoms with Crippen LogP contribution in [0.2, 0.25) is 0 Å². The third-order valence-electron chi connectivity index (χ3n) is 3.03. The lowest BCUT2D eigenvalue weighted by molar-refractivity contribution is -0.129. The molecular formula is C13H16N2O3. The van der Waals surface area contributed by atoms with Gasteiger partial charge in [-0.3, -0.25) is 0 Å². The summed E-state index contributed by atoms with van der Waals surface area (Å²) in [5.41, 5.74) is 1.15. The smallest absolute Gasteiger partial charge is 0.357 e. The average Bonchev–Trinajstić information content (AvgIpc) is 2.42. The van der Waals surface area contributed by atoms with Gasteiger partial charge in [-0.25, -0.2) is 4.79 Å². The van der Waals surface area contributed by atoms with E-state index in [-0.39, 0.29) is 12.0 Å². The molecule has 0 saturated carbocycles. The molecule has 0 unspecified atom stereocenters. The van der Waals surface area contributed by atoms with Crippen molar-refractivity contribution in [1.29, 1.82) is 0 Å². The Labute approximate surface area is 106 Å². The molecule has 1 aromatic rings. The summed E-state index contributed by atoms with van der Waals surface area (Å²) < 4.78 is 0. The van der Waals surface area contributed by atoms with Crippen molar-refractivity contribution in [2.45, 2.75) is 25.8 Å². The first kappa shape index (κ1) is 12.6. The van der Waals surface area contributed by atoms with Crippen LogP contribution in [0.1, 0.15) is 30.1 Å². The number of hydrogen-bond donors (Lipinski definition) is 1. The Bertz CT molecular complexity index is 445. The first-order chi connectivity index (χ1) is 8.70. The third-order valence-corrected chi connectivity index (χ3v) is 3.03. The van der Waals surface area contributed by atoms with E-state index in [0.717, 1.165) is 12.8 Å². The largest absolute Gasteiger partial charge is 0.411 e. The summed E-state index contributed by atoms with van der Waals surface area (Å²) in [5, 5.41) is 13.5. The summed E-state index contributed by atoms with van der Waals surface area (Å²) in [7, 11) is 0. The van der Waals surface area contributed by atoms with E-state index in [1.54, 1.807) is 29.3 Å². The van der Waals surface area contributed by atoms with Crippen LogP contribution >= 0.6 is 0 Å². The van der Waals surface area contributed by atoms with Gasteiger partial charge in [0, 0.05) is 6.04 Å². The number of carbonyl (C=O) groups excluding carboxylic acids is 1. The summed E-state index contributed by atoms with van der Waals surface area (Å²) >= 11 is 0. The Balaban J connectivity index is 2.02. The Morgan fingerprint density at radius 1 is 1.44 bits per heavy atom. The van der Waals surface area contributed by atoms with Gasteiger partial charge in [-0.2, -0.15) is 0 Å². The van der Waals surface area contributed by atoms with Gasteiger partial charge in [0.05, 0.1) is 17.8 Å². The second kappa shape index (κ2) is 5.64. The average molecular weight is 248 g/mol. The zero-order chi connectivity index (χ0) is 13.0. The molecule has 0 radical (unpaired) electrons. The molecular weight excluding hydrogens is 232 g/mol. The molecule has 0 bridgehead atoms. The van der Waals surface area contributed by atoms with Crippen molar-refractivity contribution in [2.75, 3.05) is 6.54 Å². The number of nitrogens with zero attached hydrogens (tertiary/aromatic N) is 2. The van der Waals surface area contributed by atoms with Crippen LogP contribution in [0.3, 0.4) is 0 Å². The van der Waals surface area contributed by atoms with E-state index < -0.39 is 0 Å². The molecule has 0 spiro atoms. The molecule has 5 nitrogen and oxygen atoms in total. The molecule has 1 fully saturated rings. The Hall–Kier alpha value is -1.88. The van der Waals surface area contributed by atoms with Crippen LogP contribution < -0.4 is 0 Å². The fourth-order valence-corrected chi connectivity index (χ4v) is 1.87. The Kier molecular flexibility index (Phi) is 3.94. The molecule has 0 aliphatic carbocycles. The number of rotatable bonds is 2. The monoisotopic (exact) mass is 248 g/mol. The Morgan fingerprint density at radius 3 is 2.83 bits per heavy atom. The molecule has 1 heterocycles. The maximum absolute atomic E-state index is 11.9. The second-order valence-corrected chi connectivity index (χ2v) is 4.37. The van der Waals surface area contributed by atoms with Gasteiger partial charge < -0.3 is 10.0 Å². The van der Waals surface area contributed by atoms with E-state index in [1.165, 1.54) is 0 Å². The number of benzene rings is 1. The molecule has 96 valence electrons. The van der Waals surface area contributed by atoms with E-state index in [1.807, 2.05) is 13.0 Å². The molecule has 1 aromatic carbocycles. The molecule has 0 aromatic heterocycles. The van der Waals surface area contributed by atoms with Gasteiger partial charge in [0.15, 0.2) is 0 Å². The molecule has 2 rings (SSSR count). The van der Waals surface area contributed by atoms with Crippen molar-refractivity contribution in [3.8, 4) is 0 Å². The lowest BCUT2D eigenvalue weighted by Crippen LogP contribution is -2.43. The van der Waals surface area contributed by atoms with E-state index in [4.69, 9.17) is 10.0 Å². The minimum absolute atomic E-state index is 0.128. The van der Waals surface area contributed by atoms with Gasteiger partial charge in [-0.1, -0.05) is 23.4 Å². The lowest BCUT2D eigenvalue weighted by atomic mass is 10.0. The van der Waals surface area contributed by atoms with Crippen molar-refractivity contribution in [2.24, 2.45) is 5.16 Å². The molecule has 18 heavy (non-hydrogen) atoms. The number of hydrogen-bond acceptors (Lipinski definition) is 5. The third kappa shape index (κ3) is 2.87. The number of carbonyl (C=O) groups is 1. The van der Waals surface area contributed by atoms with Crippen molar-refractivity contribution in [3.05, 3.63) is 35.9 Å². The molecule has 1 aliphatic rings. The maximum atomic E-state index is 11.9. The highest BCUT2D eigenvalue weighted by molar-refractivity contribution is 5.90. The van der Waals surface area contributed by atoms with Gasteiger partial charge in [0.2, 0.25) is 0 Å². The molecule has 5 heteroatoms. The van der Waals surface area contributed by atoms with Crippen LogP contribution in [0, 0.1) is 0 Å². The van der Waals surface area contributed by atoms with Crippen LogP contribution in [-0.2, 0) is 4.84 Å². The topological polar surface area (TPSA) is 62.1 Å². The minimum Gasteiger partial charge on any atom is -0.411 e. The van der Waals surface area contributed by atoms with E-state index in [9.17, 15) is 4.79 Å². The van der Waals surface area contributed by atoms with Gasteiger partial charge in [-0.05, 0) is 31.9 Å². The van der Waals surface area contributed by atoms with Crippen LogP contribution in [0.5, 0.6) is 0 Å². The van der Waals surface area contributed by atoms with Crippen molar-refractivity contribution in [3.63, 3.8) is 0 Å². The predicted molar refractivity (Wildman–Crippen MR) is 66.5 cm³/mol. The summed E-state index contributed by atoms with van der Waals surface area (Å²) in [6, 6.07) is 8.96. The van der Waals surface area contributed by atoms with Gasteiger partial charge >= 0.3 is 5.97 Å². The van der Waals surface area contributed by atoms with Gasteiger partial charge in [-0.15, -0.1) is 5.06 Å². The summed E-state index contributed by atoms with van der Waals surface area (Å²) in [5.74, 6) is -0.387.